The van der Waals surface area contributed by atoms with Gasteiger partial charge in [-0.05, 0) is 55.7 Å². The number of aromatic nitrogens is 1. The number of carbonyl (C=O) groups excluding carboxylic acids is 1. The van der Waals surface area contributed by atoms with Crippen molar-refractivity contribution in [2.24, 2.45) is 5.41 Å². The van der Waals surface area contributed by atoms with Gasteiger partial charge in [-0.1, -0.05) is 6.92 Å². The number of hydrogen-bond donors (Lipinski definition) is 0. The maximum Gasteiger partial charge on any atom is 0.222 e. The molecule has 2 aliphatic rings. The molecule has 0 N–H and O–H groups in total. The minimum absolute atomic E-state index is 0.0579. The zero-order chi connectivity index (χ0) is 18.8. The molecule has 3 rings (SSSR count). The molecule has 2 aliphatic heterocycles. The zero-order valence-electron chi connectivity index (χ0n) is 15.7. The van der Waals surface area contributed by atoms with E-state index < -0.39 is 10.0 Å². The van der Waals surface area contributed by atoms with E-state index in [2.05, 4.69) is 4.98 Å². The SMILES string of the molecule is CC[C@H](C)S(=O)(=O)N1CCC2(CCC(=O)N(Cc3ccncc3)C2)CC1. The fraction of sp³-hybridized carbons (Fsp3) is 0.684. The van der Waals surface area contributed by atoms with Crippen LogP contribution in [-0.4, -0.2) is 53.4 Å². The molecule has 1 aromatic rings. The Morgan fingerprint density at radius 2 is 1.85 bits per heavy atom. The number of carbonyl (C=O) groups is 1. The van der Waals surface area contributed by atoms with Gasteiger partial charge in [0.05, 0.1) is 5.25 Å². The summed E-state index contributed by atoms with van der Waals surface area (Å²) >= 11 is 0. The third kappa shape index (κ3) is 3.93. The first-order valence-electron chi connectivity index (χ1n) is 9.52. The Hall–Kier alpha value is -1.47. The molecule has 0 radical (unpaired) electrons. The van der Waals surface area contributed by atoms with Crippen LogP contribution in [0.1, 0.15) is 51.5 Å². The molecule has 0 aliphatic carbocycles. The number of rotatable bonds is 5. The van der Waals surface area contributed by atoms with Crippen LogP contribution in [0, 0.1) is 5.41 Å². The lowest BCUT2D eigenvalue weighted by atomic mass is 9.72. The van der Waals surface area contributed by atoms with E-state index in [1.54, 1.807) is 23.6 Å². The normalized spacial score (nSPS) is 22.5. The van der Waals surface area contributed by atoms with Gasteiger partial charge in [-0.25, -0.2) is 12.7 Å². The summed E-state index contributed by atoms with van der Waals surface area (Å²) in [6.45, 7) is 6.18. The lowest BCUT2D eigenvalue weighted by molar-refractivity contribution is -0.139. The fourth-order valence-electron chi connectivity index (χ4n) is 4.04. The highest BCUT2D eigenvalue weighted by atomic mass is 32.2. The van der Waals surface area contributed by atoms with Gasteiger partial charge >= 0.3 is 0 Å². The summed E-state index contributed by atoms with van der Waals surface area (Å²) in [5.74, 6) is 0.196. The third-order valence-corrected chi connectivity index (χ3v) is 8.53. The standard InChI is InChI=1S/C19H29N3O3S/c1-3-16(2)26(24,25)22-12-8-19(9-13-22)7-4-18(23)21(15-19)14-17-5-10-20-11-6-17/h5-6,10-11,16H,3-4,7-9,12-15H2,1-2H3/t16-/m0/s1. The average Bonchev–Trinajstić information content (AvgIpc) is 2.65. The molecule has 144 valence electrons. The maximum atomic E-state index is 12.6. The molecule has 1 aromatic heterocycles. The quantitative estimate of drug-likeness (QED) is 0.788. The average molecular weight is 380 g/mol. The lowest BCUT2D eigenvalue weighted by Crippen LogP contribution is -2.52. The Balaban J connectivity index is 1.65. The van der Waals surface area contributed by atoms with E-state index in [0.29, 0.717) is 32.5 Å². The number of likely N-dealkylation sites (tertiary alicyclic amines) is 1. The number of hydrogen-bond acceptors (Lipinski definition) is 4. The molecule has 0 bridgehead atoms. The van der Waals surface area contributed by atoms with Crippen molar-refractivity contribution in [1.29, 1.82) is 0 Å². The molecular formula is C19H29N3O3S. The number of amides is 1. The highest BCUT2D eigenvalue weighted by Crippen LogP contribution is 2.41. The van der Waals surface area contributed by atoms with Crippen LogP contribution in [-0.2, 0) is 21.4 Å². The van der Waals surface area contributed by atoms with Crippen molar-refractivity contribution in [3.63, 3.8) is 0 Å². The first kappa shape index (κ1) is 19.3. The highest BCUT2D eigenvalue weighted by molar-refractivity contribution is 7.89. The number of pyridine rings is 1. The Morgan fingerprint density at radius 1 is 1.19 bits per heavy atom. The summed E-state index contributed by atoms with van der Waals surface area (Å²) in [7, 11) is -3.19. The van der Waals surface area contributed by atoms with Gasteiger partial charge in [0.25, 0.3) is 0 Å². The minimum Gasteiger partial charge on any atom is -0.338 e. The smallest absolute Gasteiger partial charge is 0.222 e. The van der Waals surface area contributed by atoms with Gasteiger partial charge in [-0.2, -0.15) is 0 Å². The molecule has 3 heterocycles. The van der Waals surface area contributed by atoms with Crippen molar-refractivity contribution in [3.8, 4) is 0 Å². The van der Waals surface area contributed by atoms with Gasteiger partial charge in [0.1, 0.15) is 0 Å². The van der Waals surface area contributed by atoms with Crippen LogP contribution in [0.25, 0.3) is 0 Å². The molecular weight excluding hydrogens is 350 g/mol. The molecule has 26 heavy (non-hydrogen) atoms. The molecule has 2 saturated heterocycles. The fourth-order valence-corrected chi connectivity index (χ4v) is 5.66. The van der Waals surface area contributed by atoms with E-state index in [9.17, 15) is 13.2 Å². The van der Waals surface area contributed by atoms with Crippen molar-refractivity contribution < 1.29 is 13.2 Å². The van der Waals surface area contributed by atoms with Crippen LogP contribution in [0.15, 0.2) is 24.5 Å². The summed E-state index contributed by atoms with van der Waals surface area (Å²) < 4.78 is 26.9. The van der Waals surface area contributed by atoms with Gasteiger partial charge in [0, 0.05) is 45.0 Å². The van der Waals surface area contributed by atoms with Crippen LogP contribution in [0.2, 0.25) is 0 Å². The topological polar surface area (TPSA) is 70.6 Å². The first-order chi connectivity index (χ1) is 12.4. The molecule has 1 spiro atoms. The molecule has 0 aromatic carbocycles. The second-order valence-electron chi connectivity index (χ2n) is 7.77. The predicted molar refractivity (Wildman–Crippen MR) is 101 cm³/mol. The highest BCUT2D eigenvalue weighted by Gasteiger charge is 2.43. The summed E-state index contributed by atoms with van der Waals surface area (Å²) in [6, 6.07) is 3.88. The van der Waals surface area contributed by atoms with Gasteiger partial charge in [-0.3, -0.25) is 9.78 Å². The molecule has 0 saturated carbocycles. The number of piperidine rings is 2. The van der Waals surface area contributed by atoms with Crippen molar-refractivity contribution in [2.45, 2.75) is 57.7 Å². The number of nitrogens with zero attached hydrogens (tertiary/aromatic N) is 3. The lowest BCUT2D eigenvalue weighted by Gasteiger charge is -2.47. The van der Waals surface area contributed by atoms with Crippen LogP contribution in [0.5, 0.6) is 0 Å². The second-order valence-corrected chi connectivity index (χ2v) is 10.1. The Morgan fingerprint density at radius 3 is 2.46 bits per heavy atom. The van der Waals surface area contributed by atoms with Crippen LogP contribution in [0.3, 0.4) is 0 Å². The van der Waals surface area contributed by atoms with Gasteiger partial charge in [0.15, 0.2) is 0 Å². The summed E-state index contributed by atoms with van der Waals surface area (Å²) in [5.41, 5.74) is 1.14. The Labute approximate surface area is 156 Å². The van der Waals surface area contributed by atoms with Gasteiger partial charge in [-0.15, -0.1) is 0 Å². The molecule has 2 fully saturated rings. The predicted octanol–water partition coefficient (Wildman–Crippen LogP) is 2.41. The second kappa shape index (κ2) is 7.64. The molecule has 7 heteroatoms. The summed E-state index contributed by atoms with van der Waals surface area (Å²) in [6.07, 6.45) is 7.23. The van der Waals surface area contributed by atoms with E-state index in [4.69, 9.17) is 0 Å². The third-order valence-electron chi connectivity index (χ3n) is 6.10. The Bertz CT molecular complexity index is 728. The largest absolute Gasteiger partial charge is 0.338 e. The van der Waals surface area contributed by atoms with Crippen molar-refractivity contribution in [3.05, 3.63) is 30.1 Å². The van der Waals surface area contributed by atoms with Gasteiger partial charge in [0.2, 0.25) is 15.9 Å². The van der Waals surface area contributed by atoms with E-state index in [1.807, 2.05) is 24.0 Å². The van der Waals surface area contributed by atoms with E-state index in [1.165, 1.54) is 0 Å². The van der Waals surface area contributed by atoms with Crippen LogP contribution < -0.4 is 0 Å². The Kier molecular flexibility index (Phi) is 5.67. The van der Waals surface area contributed by atoms with E-state index >= 15 is 0 Å². The van der Waals surface area contributed by atoms with Crippen molar-refractivity contribution >= 4 is 15.9 Å². The van der Waals surface area contributed by atoms with Crippen molar-refractivity contribution in [2.75, 3.05) is 19.6 Å². The molecule has 0 unspecified atom stereocenters. The molecule has 1 amide bonds. The van der Waals surface area contributed by atoms with Gasteiger partial charge < -0.3 is 4.90 Å². The van der Waals surface area contributed by atoms with Crippen molar-refractivity contribution in [1.82, 2.24) is 14.2 Å². The summed E-state index contributed by atoms with van der Waals surface area (Å²) in [4.78, 5) is 18.3. The van der Waals surface area contributed by atoms with E-state index in [-0.39, 0.29) is 16.6 Å². The molecule has 6 nitrogen and oxygen atoms in total. The monoisotopic (exact) mass is 379 g/mol. The van der Waals surface area contributed by atoms with Crippen LogP contribution >= 0.6 is 0 Å². The van der Waals surface area contributed by atoms with Crippen LogP contribution in [0.4, 0.5) is 0 Å². The van der Waals surface area contributed by atoms with E-state index in [0.717, 1.165) is 31.4 Å². The zero-order valence-corrected chi connectivity index (χ0v) is 16.5. The summed E-state index contributed by atoms with van der Waals surface area (Å²) in [5, 5.41) is -0.326. The number of sulfonamides is 1. The minimum atomic E-state index is -3.19. The molecule has 1 atom stereocenters. The maximum absolute atomic E-state index is 12.6. The first-order valence-corrected chi connectivity index (χ1v) is 11.0.